The maximum absolute atomic E-state index is 12.1. The van der Waals surface area contributed by atoms with Gasteiger partial charge in [-0.2, -0.15) is 0 Å². The van der Waals surface area contributed by atoms with E-state index in [0.29, 0.717) is 12.8 Å². The smallest absolute Gasteiger partial charge is 0.306 e. The first-order valence-corrected chi connectivity index (χ1v) is 17.5. The highest BCUT2D eigenvalue weighted by Gasteiger charge is 2.09. The van der Waals surface area contributed by atoms with Gasteiger partial charge in [-0.15, -0.1) is 0 Å². The zero-order chi connectivity index (χ0) is 28.7. The van der Waals surface area contributed by atoms with Crippen LogP contribution in [0.2, 0.25) is 0 Å². The van der Waals surface area contributed by atoms with E-state index in [2.05, 4.69) is 6.92 Å². The molecule has 1 atom stereocenters. The number of ether oxygens (including phenoxy) is 1. The summed E-state index contributed by atoms with van der Waals surface area (Å²) in [6.07, 6.45) is 36.7. The quantitative estimate of drug-likeness (QED) is 0.0665. The Morgan fingerprint density at radius 1 is 0.487 bits per heavy atom. The number of carbonyl (C=O) groups is 2. The topological polar surface area (TPSA) is 63.6 Å². The number of aliphatic carboxylic acids is 1. The number of esters is 1. The third-order valence-corrected chi connectivity index (χ3v) is 8.07. The van der Waals surface area contributed by atoms with E-state index in [1.165, 1.54) is 141 Å². The summed E-state index contributed by atoms with van der Waals surface area (Å²) in [4.78, 5) is 22.6. The lowest BCUT2D eigenvalue weighted by Crippen LogP contribution is -2.14. The van der Waals surface area contributed by atoms with Crippen LogP contribution >= 0.6 is 0 Å². The summed E-state index contributed by atoms with van der Waals surface area (Å²) in [5, 5.41) is 8.63. The summed E-state index contributed by atoms with van der Waals surface area (Å²) in [5.41, 5.74) is 0. The van der Waals surface area contributed by atoms with Crippen LogP contribution in [0.3, 0.4) is 0 Å². The highest BCUT2D eigenvalue weighted by molar-refractivity contribution is 5.69. The first-order chi connectivity index (χ1) is 19.1. The second-order valence-electron chi connectivity index (χ2n) is 12.2. The van der Waals surface area contributed by atoms with Crippen molar-refractivity contribution in [2.24, 2.45) is 0 Å². The van der Waals surface area contributed by atoms with Crippen molar-refractivity contribution in [3.05, 3.63) is 0 Å². The Bertz CT molecular complexity index is 519. The molecule has 0 fully saturated rings. The normalized spacial score (nSPS) is 12.1. The predicted octanol–water partition coefficient (Wildman–Crippen LogP) is 11.7. The standard InChI is InChI=1S/C35H68O4/c1-3-4-5-6-7-8-9-10-11-12-17-20-23-26-29-32-35(38)39-33(2)30-27-24-21-18-15-13-14-16-19-22-25-28-31-34(36)37/h33H,3-32H2,1-2H3,(H,36,37). The van der Waals surface area contributed by atoms with Crippen LogP contribution in [0.1, 0.15) is 206 Å². The highest BCUT2D eigenvalue weighted by atomic mass is 16.5. The van der Waals surface area contributed by atoms with Crippen LogP contribution in [-0.2, 0) is 14.3 Å². The minimum absolute atomic E-state index is 0.000852. The van der Waals surface area contributed by atoms with Crippen molar-refractivity contribution < 1.29 is 19.4 Å². The molecule has 0 saturated carbocycles. The van der Waals surface area contributed by atoms with E-state index >= 15 is 0 Å². The maximum atomic E-state index is 12.1. The van der Waals surface area contributed by atoms with Gasteiger partial charge in [0, 0.05) is 12.8 Å². The van der Waals surface area contributed by atoms with Crippen LogP contribution in [0.25, 0.3) is 0 Å². The van der Waals surface area contributed by atoms with Gasteiger partial charge >= 0.3 is 11.9 Å². The minimum Gasteiger partial charge on any atom is -0.481 e. The number of unbranched alkanes of at least 4 members (excludes halogenated alkanes) is 25. The van der Waals surface area contributed by atoms with Crippen LogP contribution < -0.4 is 0 Å². The van der Waals surface area contributed by atoms with Crippen LogP contribution in [0.5, 0.6) is 0 Å². The molecule has 1 unspecified atom stereocenters. The molecular weight excluding hydrogens is 484 g/mol. The Hall–Kier alpha value is -1.06. The second kappa shape index (κ2) is 31.5. The van der Waals surface area contributed by atoms with Crippen LogP contribution in [0.4, 0.5) is 0 Å². The molecule has 1 N–H and O–H groups in total. The predicted molar refractivity (Wildman–Crippen MR) is 167 cm³/mol. The largest absolute Gasteiger partial charge is 0.481 e. The van der Waals surface area contributed by atoms with E-state index in [1.54, 1.807) is 0 Å². The third kappa shape index (κ3) is 33.0. The van der Waals surface area contributed by atoms with Gasteiger partial charge in [-0.1, -0.05) is 161 Å². The number of carboxylic acids is 1. The molecule has 0 saturated heterocycles. The SMILES string of the molecule is CCCCCCCCCCCCCCCCCC(=O)OC(C)CCCCCCCCCCCCCCC(=O)O. The molecule has 232 valence electrons. The molecule has 0 radical (unpaired) electrons. The number of carboxylic acid groups (broad SMARTS) is 1. The lowest BCUT2D eigenvalue weighted by Gasteiger charge is -2.13. The van der Waals surface area contributed by atoms with Gasteiger partial charge in [-0.05, 0) is 32.6 Å². The fourth-order valence-electron chi connectivity index (χ4n) is 5.46. The number of hydrogen-bond donors (Lipinski definition) is 1. The van der Waals surface area contributed by atoms with Gasteiger partial charge in [0.15, 0.2) is 0 Å². The van der Waals surface area contributed by atoms with Gasteiger partial charge in [0.25, 0.3) is 0 Å². The summed E-state index contributed by atoms with van der Waals surface area (Å²) >= 11 is 0. The average molecular weight is 553 g/mol. The van der Waals surface area contributed by atoms with Crippen LogP contribution in [0, 0.1) is 0 Å². The van der Waals surface area contributed by atoms with Crippen molar-refractivity contribution in [1.29, 1.82) is 0 Å². The Balaban J connectivity index is 3.28. The van der Waals surface area contributed by atoms with E-state index in [-0.39, 0.29) is 12.1 Å². The molecular formula is C35H68O4. The van der Waals surface area contributed by atoms with Crippen LogP contribution in [0.15, 0.2) is 0 Å². The molecule has 0 aromatic rings. The summed E-state index contributed by atoms with van der Waals surface area (Å²) in [6, 6.07) is 0. The summed E-state index contributed by atoms with van der Waals surface area (Å²) in [6.45, 7) is 4.33. The highest BCUT2D eigenvalue weighted by Crippen LogP contribution is 2.16. The van der Waals surface area contributed by atoms with Crippen LogP contribution in [-0.4, -0.2) is 23.1 Å². The molecule has 0 aliphatic carbocycles. The monoisotopic (exact) mass is 553 g/mol. The molecule has 4 nitrogen and oxygen atoms in total. The lowest BCUT2D eigenvalue weighted by molar-refractivity contribution is -0.148. The number of carbonyl (C=O) groups excluding carboxylic acids is 1. The number of hydrogen-bond acceptors (Lipinski definition) is 3. The summed E-state index contributed by atoms with van der Waals surface area (Å²) in [7, 11) is 0. The lowest BCUT2D eigenvalue weighted by atomic mass is 10.0. The zero-order valence-electron chi connectivity index (χ0n) is 26.5. The van der Waals surface area contributed by atoms with Gasteiger partial charge in [0.05, 0.1) is 6.10 Å². The van der Waals surface area contributed by atoms with Crippen molar-refractivity contribution in [2.45, 2.75) is 213 Å². The number of rotatable bonds is 32. The molecule has 0 amide bonds. The molecule has 0 aliphatic heterocycles. The van der Waals surface area contributed by atoms with Gasteiger partial charge in [0.2, 0.25) is 0 Å². The van der Waals surface area contributed by atoms with E-state index in [0.717, 1.165) is 38.5 Å². The van der Waals surface area contributed by atoms with Gasteiger partial charge < -0.3 is 9.84 Å². The molecule has 0 heterocycles. The van der Waals surface area contributed by atoms with E-state index in [9.17, 15) is 9.59 Å². The first kappa shape index (κ1) is 37.9. The Kier molecular flexibility index (Phi) is 30.6. The molecule has 4 heteroatoms. The Morgan fingerprint density at radius 2 is 0.795 bits per heavy atom. The van der Waals surface area contributed by atoms with Gasteiger partial charge in [-0.3, -0.25) is 9.59 Å². The average Bonchev–Trinajstić information content (AvgIpc) is 2.90. The molecule has 0 spiro atoms. The molecule has 0 rings (SSSR count). The Morgan fingerprint density at radius 3 is 1.15 bits per heavy atom. The van der Waals surface area contributed by atoms with E-state index < -0.39 is 5.97 Å². The van der Waals surface area contributed by atoms with Gasteiger partial charge in [-0.25, -0.2) is 0 Å². The summed E-state index contributed by atoms with van der Waals surface area (Å²) in [5.74, 6) is -0.671. The van der Waals surface area contributed by atoms with E-state index in [1.807, 2.05) is 6.92 Å². The molecule has 0 aliphatic rings. The minimum atomic E-state index is -0.670. The van der Waals surface area contributed by atoms with E-state index in [4.69, 9.17) is 9.84 Å². The van der Waals surface area contributed by atoms with Crippen molar-refractivity contribution >= 4 is 11.9 Å². The zero-order valence-corrected chi connectivity index (χ0v) is 26.5. The fraction of sp³-hybridized carbons (Fsp3) is 0.943. The van der Waals surface area contributed by atoms with Crippen molar-refractivity contribution in [1.82, 2.24) is 0 Å². The third-order valence-electron chi connectivity index (χ3n) is 8.07. The second-order valence-corrected chi connectivity index (χ2v) is 12.2. The molecule has 0 aromatic heterocycles. The summed E-state index contributed by atoms with van der Waals surface area (Å²) < 4.78 is 5.62. The molecule has 0 bridgehead atoms. The van der Waals surface area contributed by atoms with Crippen molar-refractivity contribution in [2.75, 3.05) is 0 Å². The van der Waals surface area contributed by atoms with Crippen molar-refractivity contribution in [3.8, 4) is 0 Å². The Labute approximate surface area is 243 Å². The first-order valence-electron chi connectivity index (χ1n) is 17.5. The maximum Gasteiger partial charge on any atom is 0.306 e. The fourth-order valence-corrected chi connectivity index (χ4v) is 5.46. The van der Waals surface area contributed by atoms with Crippen molar-refractivity contribution in [3.63, 3.8) is 0 Å². The van der Waals surface area contributed by atoms with Gasteiger partial charge in [0.1, 0.15) is 0 Å². The molecule has 39 heavy (non-hydrogen) atoms. The molecule has 0 aromatic carbocycles.